The van der Waals surface area contributed by atoms with Crippen LogP contribution in [0, 0.1) is 0 Å². The molecule has 0 amide bonds. The summed E-state index contributed by atoms with van der Waals surface area (Å²) in [5.74, 6) is -0.965. The van der Waals surface area contributed by atoms with Crippen LogP contribution in [0.15, 0.2) is 23.1 Å². The third kappa shape index (κ3) is 4.23. The van der Waals surface area contributed by atoms with Gasteiger partial charge in [-0.2, -0.15) is 0 Å². The van der Waals surface area contributed by atoms with Gasteiger partial charge in [-0.1, -0.05) is 26.2 Å². The number of hydrogen-bond donors (Lipinski definition) is 1. The second-order valence-corrected chi connectivity index (χ2v) is 6.63. The zero-order valence-corrected chi connectivity index (χ0v) is 12.6. The molecule has 0 saturated heterocycles. The number of carboxylic acid groups (broad SMARTS) is 1. The normalized spacial score (nSPS) is 11.3. The Morgan fingerprint density at radius 2 is 1.95 bits per heavy atom. The van der Waals surface area contributed by atoms with Crippen molar-refractivity contribution in [3.8, 4) is 5.75 Å². The Morgan fingerprint density at radius 1 is 1.25 bits per heavy atom. The maximum atomic E-state index is 12.3. The summed E-state index contributed by atoms with van der Waals surface area (Å²) < 4.78 is 29.6. The number of carbonyl (C=O) groups is 1. The molecular weight excluding hydrogens is 280 g/mol. The number of ether oxygens (including phenoxy) is 1. The van der Waals surface area contributed by atoms with Crippen LogP contribution in [0.4, 0.5) is 0 Å². The third-order valence-electron chi connectivity index (χ3n) is 3.01. The summed E-state index contributed by atoms with van der Waals surface area (Å²) >= 11 is 0. The van der Waals surface area contributed by atoms with Crippen LogP contribution in [-0.2, 0) is 9.84 Å². The van der Waals surface area contributed by atoms with E-state index in [9.17, 15) is 13.2 Å². The molecule has 20 heavy (non-hydrogen) atoms. The van der Waals surface area contributed by atoms with Crippen LogP contribution in [0.3, 0.4) is 0 Å². The summed E-state index contributed by atoms with van der Waals surface area (Å²) in [5, 5.41) is 8.95. The first-order chi connectivity index (χ1) is 9.42. The van der Waals surface area contributed by atoms with Crippen molar-refractivity contribution in [2.24, 2.45) is 0 Å². The van der Waals surface area contributed by atoms with Crippen LogP contribution in [0.25, 0.3) is 0 Å². The first-order valence-electron chi connectivity index (χ1n) is 6.56. The van der Waals surface area contributed by atoms with Crippen molar-refractivity contribution in [1.82, 2.24) is 0 Å². The van der Waals surface area contributed by atoms with E-state index in [1.54, 1.807) is 0 Å². The number of rotatable bonds is 8. The number of carboxylic acids is 1. The van der Waals surface area contributed by atoms with Gasteiger partial charge in [-0.15, -0.1) is 0 Å². The van der Waals surface area contributed by atoms with Gasteiger partial charge in [0.25, 0.3) is 0 Å². The molecule has 5 nitrogen and oxygen atoms in total. The van der Waals surface area contributed by atoms with Crippen molar-refractivity contribution >= 4 is 15.8 Å². The Balaban J connectivity index is 3.02. The van der Waals surface area contributed by atoms with Gasteiger partial charge in [-0.3, -0.25) is 0 Å². The molecule has 0 aromatic heterocycles. The predicted molar refractivity (Wildman–Crippen MR) is 76.1 cm³/mol. The number of unbranched alkanes of at least 4 members (excludes halogenated alkanes) is 3. The van der Waals surface area contributed by atoms with E-state index >= 15 is 0 Å². The van der Waals surface area contributed by atoms with E-state index in [-0.39, 0.29) is 22.0 Å². The van der Waals surface area contributed by atoms with Gasteiger partial charge in [-0.25, -0.2) is 13.2 Å². The lowest BCUT2D eigenvalue weighted by Crippen LogP contribution is -2.10. The molecule has 0 saturated carbocycles. The number of benzene rings is 1. The highest BCUT2D eigenvalue weighted by Crippen LogP contribution is 2.26. The number of sulfone groups is 1. The van der Waals surface area contributed by atoms with Gasteiger partial charge in [0.15, 0.2) is 9.84 Å². The zero-order chi connectivity index (χ0) is 15.2. The van der Waals surface area contributed by atoms with Gasteiger partial charge < -0.3 is 9.84 Å². The minimum atomic E-state index is -3.53. The van der Waals surface area contributed by atoms with Crippen LogP contribution >= 0.6 is 0 Å². The van der Waals surface area contributed by atoms with Crippen LogP contribution in [-0.4, -0.2) is 32.4 Å². The summed E-state index contributed by atoms with van der Waals surface area (Å²) in [5.41, 5.74) is -0.0575. The van der Waals surface area contributed by atoms with Crippen molar-refractivity contribution < 1.29 is 23.1 Å². The molecule has 6 heteroatoms. The highest BCUT2D eigenvalue weighted by Gasteiger charge is 2.21. The van der Waals surface area contributed by atoms with Crippen molar-refractivity contribution in [3.63, 3.8) is 0 Å². The highest BCUT2D eigenvalue weighted by atomic mass is 32.2. The summed E-state index contributed by atoms with van der Waals surface area (Å²) in [4.78, 5) is 10.9. The second-order valence-electron chi connectivity index (χ2n) is 4.55. The SMILES string of the molecule is CCCCCCS(=O)(=O)c1cc(C(=O)O)ccc1OC. The molecule has 0 radical (unpaired) electrons. The molecule has 0 unspecified atom stereocenters. The van der Waals surface area contributed by atoms with Crippen molar-refractivity contribution in [3.05, 3.63) is 23.8 Å². The molecule has 1 rings (SSSR count). The second kappa shape index (κ2) is 7.28. The number of hydrogen-bond acceptors (Lipinski definition) is 4. The Morgan fingerprint density at radius 3 is 2.50 bits per heavy atom. The first-order valence-corrected chi connectivity index (χ1v) is 8.21. The number of methoxy groups -OCH3 is 1. The predicted octanol–water partition coefficient (Wildman–Crippen LogP) is 2.75. The van der Waals surface area contributed by atoms with E-state index in [1.807, 2.05) is 6.92 Å². The molecule has 1 aromatic carbocycles. The fourth-order valence-electron chi connectivity index (χ4n) is 1.88. The molecule has 0 spiro atoms. The van der Waals surface area contributed by atoms with E-state index < -0.39 is 15.8 Å². The Kier molecular flexibility index (Phi) is 6.01. The fraction of sp³-hybridized carbons (Fsp3) is 0.500. The van der Waals surface area contributed by atoms with Crippen LogP contribution in [0.1, 0.15) is 43.0 Å². The first kappa shape index (κ1) is 16.5. The van der Waals surface area contributed by atoms with Crippen LogP contribution < -0.4 is 4.74 Å². The molecule has 1 aromatic rings. The smallest absolute Gasteiger partial charge is 0.335 e. The molecule has 1 N–H and O–H groups in total. The zero-order valence-electron chi connectivity index (χ0n) is 11.8. The Labute approximate surface area is 119 Å². The van der Waals surface area contributed by atoms with Gasteiger partial charge in [0.05, 0.1) is 18.4 Å². The van der Waals surface area contributed by atoms with E-state index in [2.05, 4.69) is 0 Å². The van der Waals surface area contributed by atoms with Crippen LogP contribution in [0.2, 0.25) is 0 Å². The van der Waals surface area contributed by atoms with Crippen molar-refractivity contribution in [2.45, 2.75) is 37.5 Å². The fourth-order valence-corrected chi connectivity index (χ4v) is 3.45. The molecule has 0 aliphatic carbocycles. The summed E-state index contributed by atoms with van der Waals surface area (Å²) in [7, 11) is -2.16. The number of aromatic carboxylic acids is 1. The monoisotopic (exact) mass is 300 g/mol. The average Bonchev–Trinajstić information content (AvgIpc) is 2.42. The quantitative estimate of drug-likeness (QED) is 0.747. The van der Waals surface area contributed by atoms with E-state index in [4.69, 9.17) is 9.84 Å². The van der Waals surface area contributed by atoms with Crippen LogP contribution in [0.5, 0.6) is 5.75 Å². The van der Waals surface area contributed by atoms with Gasteiger partial charge in [0.2, 0.25) is 0 Å². The lowest BCUT2D eigenvalue weighted by atomic mass is 10.2. The van der Waals surface area contributed by atoms with E-state index in [0.717, 1.165) is 25.3 Å². The lowest BCUT2D eigenvalue weighted by molar-refractivity contribution is 0.0696. The van der Waals surface area contributed by atoms with Gasteiger partial charge in [0, 0.05) is 0 Å². The molecule has 112 valence electrons. The van der Waals surface area contributed by atoms with E-state index in [1.165, 1.54) is 19.2 Å². The van der Waals surface area contributed by atoms with Gasteiger partial charge in [-0.05, 0) is 24.6 Å². The lowest BCUT2D eigenvalue weighted by Gasteiger charge is -2.10. The minimum absolute atomic E-state index is 0.00638. The molecule has 0 aliphatic rings. The van der Waals surface area contributed by atoms with E-state index in [0.29, 0.717) is 6.42 Å². The maximum absolute atomic E-state index is 12.3. The molecule has 0 fully saturated rings. The van der Waals surface area contributed by atoms with Crippen molar-refractivity contribution in [1.29, 1.82) is 0 Å². The maximum Gasteiger partial charge on any atom is 0.335 e. The third-order valence-corrected chi connectivity index (χ3v) is 4.83. The Hall–Kier alpha value is -1.56. The summed E-state index contributed by atoms with van der Waals surface area (Å²) in [6, 6.07) is 3.87. The topological polar surface area (TPSA) is 80.7 Å². The largest absolute Gasteiger partial charge is 0.495 e. The van der Waals surface area contributed by atoms with Gasteiger partial charge in [0.1, 0.15) is 10.6 Å². The summed E-state index contributed by atoms with van der Waals surface area (Å²) in [6.45, 7) is 2.05. The molecule has 0 atom stereocenters. The standard InChI is InChI=1S/C14H20O5S/c1-3-4-5-6-9-20(17,18)13-10-11(14(15)16)7-8-12(13)19-2/h7-8,10H,3-6,9H2,1-2H3,(H,15,16). The average molecular weight is 300 g/mol. The molecule has 0 heterocycles. The molecular formula is C14H20O5S. The molecule has 0 bridgehead atoms. The highest BCUT2D eigenvalue weighted by molar-refractivity contribution is 7.91. The minimum Gasteiger partial charge on any atom is -0.495 e. The Bertz CT molecular complexity index is 563. The van der Waals surface area contributed by atoms with Crippen molar-refractivity contribution in [2.75, 3.05) is 12.9 Å². The summed E-state index contributed by atoms with van der Waals surface area (Å²) in [6.07, 6.45) is 3.42. The molecule has 0 aliphatic heterocycles. The van der Waals surface area contributed by atoms with Gasteiger partial charge >= 0.3 is 5.97 Å².